The largest absolute Gasteiger partial charge is 0.372 e. The molecule has 0 spiro atoms. The Labute approximate surface area is 155 Å². The third-order valence-corrected chi connectivity index (χ3v) is 4.25. The van der Waals surface area contributed by atoms with Crippen molar-refractivity contribution in [1.82, 2.24) is 10.3 Å². The van der Waals surface area contributed by atoms with Crippen molar-refractivity contribution in [2.75, 3.05) is 18.0 Å². The Morgan fingerprint density at radius 3 is 2.46 bits per heavy atom. The molecule has 1 amide bonds. The van der Waals surface area contributed by atoms with Crippen LogP contribution in [0.3, 0.4) is 0 Å². The number of morpholine rings is 1. The monoisotopic (exact) mass is 376 g/mol. The van der Waals surface area contributed by atoms with E-state index in [9.17, 15) is 4.79 Å². The summed E-state index contributed by atoms with van der Waals surface area (Å²) in [6, 6.07) is 4.01. The van der Waals surface area contributed by atoms with Crippen LogP contribution in [0.15, 0.2) is 18.3 Å². The lowest BCUT2D eigenvalue weighted by Gasteiger charge is -2.36. The highest BCUT2D eigenvalue weighted by molar-refractivity contribution is 5.88. The van der Waals surface area contributed by atoms with E-state index in [0.29, 0.717) is 6.54 Å². The first-order chi connectivity index (χ1) is 10.5. The topological polar surface area (TPSA) is 80.5 Å². The van der Waals surface area contributed by atoms with Crippen LogP contribution in [0.1, 0.15) is 32.3 Å². The Kier molecular flexibility index (Phi) is 7.28. The zero-order chi connectivity index (χ0) is 15.7. The summed E-state index contributed by atoms with van der Waals surface area (Å²) in [6.45, 7) is 6.33. The standard InChI is InChI=1S/C16H24N4O2.2ClH/c1-11-9-20(10-12(2)22-11)14-4-3-13(7-18-14)8-19-15(21)16(17)5-6-16;;/h3-4,7,11-12H,5-6,8-10,17H2,1-2H3,(H,19,21);2*1H. The van der Waals surface area contributed by atoms with Crippen LogP contribution in [-0.2, 0) is 16.1 Å². The summed E-state index contributed by atoms with van der Waals surface area (Å²) in [6.07, 6.45) is 3.80. The lowest BCUT2D eigenvalue weighted by atomic mass is 10.2. The number of aromatic nitrogens is 1. The fourth-order valence-corrected chi connectivity index (χ4v) is 2.79. The van der Waals surface area contributed by atoms with Gasteiger partial charge < -0.3 is 20.7 Å². The summed E-state index contributed by atoms with van der Waals surface area (Å²) >= 11 is 0. The summed E-state index contributed by atoms with van der Waals surface area (Å²) in [4.78, 5) is 18.6. The highest BCUT2D eigenvalue weighted by Crippen LogP contribution is 2.32. The van der Waals surface area contributed by atoms with Crippen molar-refractivity contribution in [2.45, 2.75) is 51.0 Å². The van der Waals surface area contributed by atoms with E-state index < -0.39 is 5.54 Å². The van der Waals surface area contributed by atoms with Gasteiger partial charge in [0.2, 0.25) is 5.91 Å². The van der Waals surface area contributed by atoms with E-state index in [1.165, 1.54) is 0 Å². The minimum atomic E-state index is -0.618. The zero-order valence-electron chi connectivity index (χ0n) is 14.0. The maximum absolute atomic E-state index is 11.8. The quantitative estimate of drug-likeness (QED) is 0.834. The Morgan fingerprint density at radius 2 is 1.96 bits per heavy atom. The first kappa shape index (κ1) is 21.0. The van der Waals surface area contributed by atoms with Crippen LogP contribution in [0, 0.1) is 0 Å². The molecule has 24 heavy (non-hydrogen) atoms. The van der Waals surface area contributed by atoms with E-state index in [-0.39, 0.29) is 42.9 Å². The third kappa shape index (κ3) is 4.96. The lowest BCUT2D eigenvalue weighted by Crippen LogP contribution is -2.45. The van der Waals surface area contributed by atoms with Gasteiger partial charge >= 0.3 is 0 Å². The first-order valence-corrected chi connectivity index (χ1v) is 7.89. The van der Waals surface area contributed by atoms with Crippen molar-refractivity contribution >= 4 is 36.5 Å². The Morgan fingerprint density at radius 1 is 1.33 bits per heavy atom. The molecule has 2 aliphatic rings. The van der Waals surface area contributed by atoms with Gasteiger partial charge in [-0.05, 0) is 38.3 Å². The molecule has 2 unspecified atom stereocenters. The molecule has 1 aromatic rings. The first-order valence-electron chi connectivity index (χ1n) is 7.89. The number of nitrogens with two attached hydrogens (primary N) is 1. The molecular weight excluding hydrogens is 351 g/mol. The predicted octanol–water partition coefficient (Wildman–Crippen LogP) is 1.65. The number of carbonyl (C=O) groups is 1. The van der Waals surface area contributed by atoms with Crippen LogP contribution in [0.4, 0.5) is 5.82 Å². The molecule has 1 saturated carbocycles. The van der Waals surface area contributed by atoms with Gasteiger partial charge in [0.15, 0.2) is 0 Å². The number of amides is 1. The van der Waals surface area contributed by atoms with Crippen molar-refractivity contribution in [3.63, 3.8) is 0 Å². The van der Waals surface area contributed by atoms with Gasteiger partial charge in [0, 0.05) is 25.8 Å². The van der Waals surface area contributed by atoms with Gasteiger partial charge in [0.05, 0.1) is 17.7 Å². The normalized spacial score (nSPS) is 24.4. The van der Waals surface area contributed by atoms with Gasteiger partial charge in [-0.25, -0.2) is 4.98 Å². The van der Waals surface area contributed by atoms with E-state index >= 15 is 0 Å². The minimum absolute atomic E-state index is 0. The Balaban J connectivity index is 0.00000144. The molecular formula is C16H26Cl2N4O2. The van der Waals surface area contributed by atoms with Gasteiger partial charge in [0.1, 0.15) is 5.82 Å². The molecule has 0 radical (unpaired) electrons. The summed E-state index contributed by atoms with van der Waals surface area (Å²) in [5.41, 5.74) is 6.22. The highest BCUT2D eigenvalue weighted by Gasteiger charge is 2.45. The molecule has 1 aliphatic heterocycles. The number of pyridine rings is 1. The molecule has 8 heteroatoms. The van der Waals surface area contributed by atoms with Crippen molar-refractivity contribution in [2.24, 2.45) is 5.73 Å². The van der Waals surface area contributed by atoms with Crippen LogP contribution < -0.4 is 16.0 Å². The third-order valence-electron chi connectivity index (χ3n) is 4.25. The number of hydrogen-bond acceptors (Lipinski definition) is 5. The fraction of sp³-hybridized carbons (Fsp3) is 0.625. The van der Waals surface area contributed by atoms with Crippen LogP contribution in [0.5, 0.6) is 0 Å². The molecule has 1 aromatic heterocycles. The minimum Gasteiger partial charge on any atom is -0.372 e. The molecule has 0 aromatic carbocycles. The van der Waals surface area contributed by atoms with Gasteiger partial charge in [-0.15, -0.1) is 24.8 Å². The van der Waals surface area contributed by atoms with Gasteiger partial charge in [0.25, 0.3) is 0 Å². The van der Waals surface area contributed by atoms with Crippen molar-refractivity contribution in [3.05, 3.63) is 23.9 Å². The second-order valence-corrected chi connectivity index (χ2v) is 6.53. The maximum Gasteiger partial charge on any atom is 0.240 e. The Hall–Kier alpha value is -1.08. The predicted molar refractivity (Wildman–Crippen MR) is 99.0 cm³/mol. The van der Waals surface area contributed by atoms with E-state index in [0.717, 1.165) is 37.3 Å². The van der Waals surface area contributed by atoms with Crippen LogP contribution >= 0.6 is 24.8 Å². The number of hydrogen-bond donors (Lipinski definition) is 2. The fourth-order valence-electron chi connectivity index (χ4n) is 2.79. The molecule has 2 fully saturated rings. The van der Waals surface area contributed by atoms with E-state index in [1.54, 1.807) is 0 Å². The average molecular weight is 377 g/mol. The van der Waals surface area contributed by atoms with E-state index in [4.69, 9.17) is 10.5 Å². The highest BCUT2D eigenvalue weighted by atomic mass is 35.5. The zero-order valence-corrected chi connectivity index (χ0v) is 15.7. The van der Waals surface area contributed by atoms with Gasteiger partial charge in [-0.2, -0.15) is 0 Å². The Bertz CT molecular complexity index is 542. The number of carbonyl (C=O) groups excluding carboxylic acids is 1. The second kappa shape index (κ2) is 8.34. The van der Waals surface area contributed by atoms with E-state index in [2.05, 4.69) is 29.0 Å². The molecule has 0 bridgehead atoms. The van der Waals surface area contributed by atoms with Crippen LogP contribution in [0.2, 0.25) is 0 Å². The number of anilines is 1. The maximum atomic E-state index is 11.8. The number of halogens is 2. The molecule has 6 nitrogen and oxygen atoms in total. The SMILES string of the molecule is CC1CN(c2ccc(CNC(=O)C3(N)CC3)cn2)CC(C)O1.Cl.Cl. The van der Waals surface area contributed by atoms with Crippen LogP contribution in [-0.4, -0.2) is 41.7 Å². The molecule has 2 atom stereocenters. The summed E-state index contributed by atoms with van der Waals surface area (Å²) in [5.74, 6) is 0.891. The van der Waals surface area contributed by atoms with Crippen molar-refractivity contribution < 1.29 is 9.53 Å². The number of nitrogens with zero attached hydrogens (tertiary/aromatic N) is 2. The molecule has 2 heterocycles. The summed E-state index contributed by atoms with van der Waals surface area (Å²) in [7, 11) is 0. The van der Waals surface area contributed by atoms with Crippen molar-refractivity contribution in [3.8, 4) is 0 Å². The summed E-state index contributed by atoms with van der Waals surface area (Å²) < 4.78 is 5.74. The molecule has 3 N–H and O–H groups in total. The number of rotatable bonds is 4. The number of ether oxygens (including phenoxy) is 1. The molecule has 1 aliphatic carbocycles. The van der Waals surface area contributed by atoms with Crippen molar-refractivity contribution in [1.29, 1.82) is 0 Å². The summed E-state index contributed by atoms with van der Waals surface area (Å²) in [5, 5.41) is 2.88. The smallest absolute Gasteiger partial charge is 0.240 e. The van der Waals surface area contributed by atoms with Gasteiger partial charge in [-0.1, -0.05) is 6.07 Å². The van der Waals surface area contributed by atoms with E-state index in [1.807, 2.05) is 18.3 Å². The second-order valence-electron chi connectivity index (χ2n) is 6.53. The van der Waals surface area contributed by atoms with Crippen LogP contribution in [0.25, 0.3) is 0 Å². The lowest BCUT2D eigenvalue weighted by molar-refractivity contribution is -0.123. The average Bonchev–Trinajstić information content (AvgIpc) is 3.23. The van der Waals surface area contributed by atoms with Gasteiger partial charge in [-0.3, -0.25) is 4.79 Å². The number of nitrogens with one attached hydrogen (secondary N) is 1. The molecule has 3 rings (SSSR count). The molecule has 136 valence electrons. The molecule has 1 saturated heterocycles.